The number of aliphatic hydroxyl groups is 1. The minimum absolute atomic E-state index is 0.0711. The molecule has 0 radical (unpaired) electrons. The lowest BCUT2D eigenvalue weighted by Crippen LogP contribution is -2.38. The molecule has 1 aromatic carbocycles. The molecule has 0 heterocycles. The number of hydrogen-bond acceptors (Lipinski definition) is 4. The molecule has 0 spiro atoms. The summed E-state index contributed by atoms with van der Waals surface area (Å²) in [7, 11) is 0. The van der Waals surface area contributed by atoms with Gasteiger partial charge in [-0.2, -0.15) is 0 Å². The van der Waals surface area contributed by atoms with Crippen molar-refractivity contribution in [2.75, 3.05) is 19.8 Å². The van der Waals surface area contributed by atoms with Crippen LogP contribution in [-0.4, -0.2) is 36.9 Å². The average Bonchev–Trinajstić information content (AvgIpc) is 2.38. The second-order valence-electron chi connectivity index (χ2n) is 3.84. The maximum absolute atomic E-state index is 11.4. The monoisotopic (exact) mass is 253 g/mol. The molecule has 1 atom stereocenters. The fourth-order valence-electron chi connectivity index (χ4n) is 1.31. The summed E-state index contributed by atoms with van der Waals surface area (Å²) in [5.41, 5.74) is 0. The Kier molecular flexibility index (Phi) is 6.00. The summed E-state index contributed by atoms with van der Waals surface area (Å²) >= 11 is 0. The normalized spacial score (nSPS) is 11.7. The summed E-state index contributed by atoms with van der Waals surface area (Å²) in [5.74, 6) is 1.11. The Hall–Kier alpha value is -1.75. The van der Waals surface area contributed by atoms with Gasteiger partial charge in [0.25, 0.3) is 5.91 Å². The molecule has 100 valence electrons. The van der Waals surface area contributed by atoms with Gasteiger partial charge in [0.2, 0.25) is 0 Å². The quantitative estimate of drug-likeness (QED) is 0.759. The van der Waals surface area contributed by atoms with Gasteiger partial charge in [-0.1, -0.05) is 0 Å². The van der Waals surface area contributed by atoms with E-state index in [1.807, 2.05) is 6.92 Å². The molecule has 1 unspecified atom stereocenters. The third-order valence-electron chi connectivity index (χ3n) is 2.19. The van der Waals surface area contributed by atoms with Gasteiger partial charge in [-0.05, 0) is 38.1 Å². The van der Waals surface area contributed by atoms with E-state index in [0.717, 1.165) is 5.75 Å². The Labute approximate surface area is 107 Å². The molecule has 0 fully saturated rings. The van der Waals surface area contributed by atoms with Gasteiger partial charge in [-0.25, -0.2) is 0 Å². The van der Waals surface area contributed by atoms with Gasteiger partial charge in [0.15, 0.2) is 6.61 Å². The summed E-state index contributed by atoms with van der Waals surface area (Å²) in [5, 5.41) is 11.4. The minimum Gasteiger partial charge on any atom is -0.494 e. The molecule has 18 heavy (non-hydrogen) atoms. The van der Waals surface area contributed by atoms with Crippen molar-refractivity contribution >= 4 is 5.91 Å². The molecule has 0 saturated carbocycles. The SMILES string of the molecule is CCOc1ccc(OCC(=O)NC(C)CO)cc1. The van der Waals surface area contributed by atoms with E-state index >= 15 is 0 Å². The van der Waals surface area contributed by atoms with E-state index in [4.69, 9.17) is 14.6 Å². The van der Waals surface area contributed by atoms with Gasteiger partial charge in [-0.3, -0.25) is 4.79 Å². The molecule has 0 aliphatic heterocycles. The number of amides is 1. The van der Waals surface area contributed by atoms with E-state index in [2.05, 4.69) is 5.32 Å². The van der Waals surface area contributed by atoms with Crippen LogP contribution in [0.2, 0.25) is 0 Å². The summed E-state index contributed by atoms with van der Waals surface area (Å²) in [6.07, 6.45) is 0. The van der Waals surface area contributed by atoms with Crippen LogP contribution in [0.25, 0.3) is 0 Å². The van der Waals surface area contributed by atoms with Crippen molar-refractivity contribution in [3.8, 4) is 11.5 Å². The number of benzene rings is 1. The highest BCUT2D eigenvalue weighted by Crippen LogP contribution is 2.17. The van der Waals surface area contributed by atoms with Crippen molar-refractivity contribution < 1.29 is 19.4 Å². The lowest BCUT2D eigenvalue weighted by atomic mass is 10.3. The molecule has 1 aromatic rings. The fraction of sp³-hybridized carbons (Fsp3) is 0.462. The first-order chi connectivity index (χ1) is 8.65. The van der Waals surface area contributed by atoms with Gasteiger partial charge in [0.1, 0.15) is 11.5 Å². The van der Waals surface area contributed by atoms with Gasteiger partial charge >= 0.3 is 0 Å². The third-order valence-corrected chi connectivity index (χ3v) is 2.19. The topological polar surface area (TPSA) is 67.8 Å². The molecule has 0 bridgehead atoms. The second-order valence-corrected chi connectivity index (χ2v) is 3.84. The van der Waals surface area contributed by atoms with Gasteiger partial charge in [0.05, 0.1) is 13.2 Å². The van der Waals surface area contributed by atoms with Crippen LogP contribution in [0.4, 0.5) is 0 Å². The van der Waals surface area contributed by atoms with Crippen molar-refractivity contribution in [2.45, 2.75) is 19.9 Å². The number of rotatable bonds is 7. The molecular weight excluding hydrogens is 234 g/mol. The summed E-state index contributed by atoms with van der Waals surface area (Å²) in [4.78, 5) is 11.4. The Morgan fingerprint density at radius 3 is 2.33 bits per heavy atom. The van der Waals surface area contributed by atoms with E-state index in [9.17, 15) is 4.79 Å². The lowest BCUT2D eigenvalue weighted by Gasteiger charge is -2.11. The largest absolute Gasteiger partial charge is 0.494 e. The zero-order valence-corrected chi connectivity index (χ0v) is 10.7. The molecule has 0 aromatic heterocycles. The van der Waals surface area contributed by atoms with Crippen LogP contribution in [0, 0.1) is 0 Å². The molecule has 0 aliphatic carbocycles. The first kappa shape index (κ1) is 14.3. The smallest absolute Gasteiger partial charge is 0.258 e. The highest BCUT2D eigenvalue weighted by atomic mass is 16.5. The van der Waals surface area contributed by atoms with Crippen molar-refractivity contribution in [1.82, 2.24) is 5.32 Å². The number of hydrogen-bond donors (Lipinski definition) is 2. The number of nitrogens with one attached hydrogen (secondary N) is 1. The van der Waals surface area contributed by atoms with Crippen molar-refractivity contribution in [3.63, 3.8) is 0 Å². The average molecular weight is 253 g/mol. The van der Waals surface area contributed by atoms with E-state index < -0.39 is 0 Å². The standard InChI is InChI=1S/C13H19NO4/c1-3-17-11-4-6-12(7-5-11)18-9-13(16)14-10(2)8-15/h4-7,10,15H,3,8-9H2,1-2H3,(H,14,16). The third kappa shape index (κ3) is 5.05. The van der Waals surface area contributed by atoms with Crippen LogP contribution in [-0.2, 0) is 4.79 Å². The predicted octanol–water partition coefficient (Wildman–Crippen LogP) is 0.961. The van der Waals surface area contributed by atoms with E-state index in [1.165, 1.54) is 0 Å². The molecule has 2 N–H and O–H groups in total. The van der Waals surface area contributed by atoms with Gasteiger partial charge in [0, 0.05) is 6.04 Å². The van der Waals surface area contributed by atoms with E-state index in [1.54, 1.807) is 31.2 Å². The number of carbonyl (C=O) groups is 1. The van der Waals surface area contributed by atoms with Crippen LogP contribution in [0.5, 0.6) is 11.5 Å². The van der Waals surface area contributed by atoms with Gasteiger partial charge in [-0.15, -0.1) is 0 Å². The lowest BCUT2D eigenvalue weighted by molar-refractivity contribution is -0.123. The summed E-state index contributed by atoms with van der Waals surface area (Å²) in [6, 6.07) is 6.79. The van der Waals surface area contributed by atoms with Crippen LogP contribution in [0.15, 0.2) is 24.3 Å². The minimum atomic E-state index is -0.263. The number of ether oxygens (including phenoxy) is 2. The van der Waals surface area contributed by atoms with E-state index in [-0.39, 0.29) is 25.2 Å². The second kappa shape index (κ2) is 7.55. The maximum Gasteiger partial charge on any atom is 0.258 e. The zero-order valence-electron chi connectivity index (χ0n) is 10.7. The van der Waals surface area contributed by atoms with Crippen molar-refractivity contribution in [1.29, 1.82) is 0 Å². The molecule has 0 aliphatic rings. The first-order valence-corrected chi connectivity index (χ1v) is 5.91. The maximum atomic E-state index is 11.4. The zero-order chi connectivity index (χ0) is 13.4. The Balaban J connectivity index is 2.36. The Morgan fingerprint density at radius 1 is 1.28 bits per heavy atom. The molecule has 1 amide bonds. The van der Waals surface area contributed by atoms with Crippen molar-refractivity contribution in [2.24, 2.45) is 0 Å². The molecule has 0 saturated heterocycles. The summed E-state index contributed by atoms with van der Waals surface area (Å²) < 4.78 is 10.6. The van der Waals surface area contributed by atoms with Crippen LogP contribution in [0.3, 0.4) is 0 Å². The highest BCUT2D eigenvalue weighted by Gasteiger charge is 2.06. The fourth-order valence-corrected chi connectivity index (χ4v) is 1.31. The molecule has 5 heteroatoms. The Bertz CT molecular complexity index is 364. The predicted molar refractivity (Wildman–Crippen MR) is 67.8 cm³/mol. The van der Waals surface area contributed by atoms with Crippen LogP contribution in [0.1, 0.15) is 13.8 Å². The molecular formula is C13H19NO4. The van der Waals surface area contributed by atoms with Crippen LogP contribution >= 0.6 is 0 Å². The van der Waals surface area contributed by atoms with Crippen LogP contribution < -0.4 is 14.8 Å². The Morgan fingerprint density at radius 2 is 1.83 bits per heavy atom. The highest BCUT2D eigenvalue weighted by molar-refractivity contribution is 5.77. The molecule has 1 rings (SSSR count). The molecule has 5 nitrogen and oxygen atoms in total. The van der Waals surface area contributed by atoms with Gasteiger partial charge < -0.3 is 19.9 Å². The van der Waals surface area contributed by atoms with Crippen molar-refractivity contribution in [3.05, 3.63) is 24.3 Å². The summed E-state index contributed by atoms with van der Waals surface area (Å²) in [6.45, 7) is 4.08. The number of aliphatic hydroxyl groups excluding tert-OH is 1. The number of carbonyl (C=O) groups excluding carboxylic acids is 1. The first-order valence-electron chi connectivity index (χ1n) is 5.91. The van der Waals surface area contributed by atoms with E-state index in [0.29, 0.717) is 12.4 Å².